The average molecular weight is 421 g/mol. The molecule has 1 heterocycles. The lowest BCUT2D eigenvalue weighted by Crippen LogP contribution is -2.70. The van der Waals surface area contributed by atoms with Crippen LogP contribution in [0.1, 0.15) is 26.7 Å². The summed E-state index contributed by atoms with van der Waals surface area (Å²) in [5.74, 6) is -4.32. The fraction of sp³-hybridized carbons (Fsp3) is 0.750. The first-order valence-electron chi connectivity index (χ1n) is 8.80. The molecule has 1 aliphatic rings. The molecule has 7 atom stereocenters. The zero-order chi connectivity index (χ0) is 22.5. The Kier molecular flexibility index (Phi) is 8.91. The lowest BCUT2D eigenvalue weighted by Gasteiger charge is -2.48. The zero-order valence-corrected chi connectivity index (χ0v) is 16.0. The Labute approximate surface area is 166 Å². The number of hydrogen-bond acceptors (Lipinski definition) is 9. The van der Waals surface area contributed by atoms with Crippen LogP contribution < -0.4 is 11.5 Å². The van der Waals surface area contributed by atoms with Gasteiger partial charge in [0.25, 0.3) is 0 Å². The quantitative estimate of drug-likeness (QED) is 0.206. The molecule has 0 aromatic carbocycles. The van der Waals surface area contributed by atoms with E-state index in [4.69, 9.17) is 31.2 Å². The fourth-order valence-electron chi connectivity index (χ4n) is 3.07. The van der Waals surface area contributed by atoms with Crippen LogP contribution in [0.3, 0.4) is 0 Å². The number of carboxylic acid groups (broad SMARTS) is 2. The summed E-state index contributed by atoms with van der Waals surface area (Å²) in [5.41, 5.74) is 11.4. The van der Waals surface area contributed by atoms with Gasteiger partial charge in [0.1, 0.15) is 24.4 Å². The van der Waals surface area contributed by atoms with Crippen molar-refractivity contribution in [3.8, 4) is 0 Å². The fourth-order valence-corrected chi connectivity index (χ4v) is 3.07. The van der Waals surface area contributed by atoms with E-state index in [0.29, 0.717) is 0 Å². The highest BCUT2D eigenvalue weighted by molar-refractivity contribution is 5.86. The molecule has 1 saturated heterocycles. The predicted molar refractivity (Wildman–Crippen MR) is 94.1 cm³/mol. The molecule has 1 rings (SSSR count). The Morgan fingerprint density at radius 1 is 1.24 bits per heavy atom. The molecule has 0 radical (unpaired) electrons. The maximum Gasteiger partial charge on any atom is 0.332 e. The number of nitrogens with two attached hydrogens (primary N) is 2. The Morgan fingerprint density at radius 3 is 2.24 bits per heavy atom. The number of nitrogens with zero attached hydrogens (tertiary/aromatic N) is 1. The minimum Gasteiger partial charge on any atom is -0.481 e. The largest absolute Gasteiger partial charge is 0.481 e. The third-order valence-electron chi connectivity index (χ3n) is 4.56. The first-order chi connectivity index (χ1) is 13.4. The number of carbonyl (C=O) groups is 4. The van der Waals surface area contributed by atoms with Crippen LogP contribution in [0.15, 0.2) is 0 Å². The van der Waals surface area contributed by atoms with Gasteiger partial charge in [0, 0.05) is 13.3 Å². The molecule has 1 aliphatic heterocycles. The van der Waals surface area contributed by atoms with E-state index in [1.165, 1.54) is 6.92 Å². The van der Waals surface area contributed by atoms with Crippen LogP contribution in [0.25, 0.3) is 0 Å². The van der Waals surface area contributed by atoms with Gasteiger partial charge in [-0.3, -0.25) is 14.4 Å². The lowest BCUT2D eigenvalue weighted by atomic mass is 9.94. The molecule has 8 N–H and O–H groups in total. The summed E-state index contributed by atoms with van der Waals surface area (Å²) in [6, 6.07) is -2.75. The second-order valence-electron chi connectivity index (χ2n) is 6.67. The highest BCUT2D eigenvalue weighted by atomic mass is 16.6. The van der Waals surface area contributed by atoms with Crippen LogP contribution in [0.2, 0.25) is 0 Å². The van der Waals surface area contributed by atoms with E-state index in [1.54, 1.807) is 0 Å². The summed E-state index contributed by atoms with van der Waals surface area (Å²) in [5, 5.41) is 37.8. The first-order valence-corrected chi connectivity index (χ1v) is 8.80. The Bertz CT molecular complexity index is 630. The van der Waals surface area contributed by atoms with Crippen molar-refractivity contribution >= 4 is 23.8 Å². The molecule has 0 bridgehead atoms. The number of aliphatic hydroxyl groups excluding tert-OH is 2. The van der Waals surface area contributed by atoms with Gasteiger partial charge in [-0.25, -0.2) is 4.79 Å². The molecule has 13 nitrogen and oxygen atoms in total. The number of carbonyl (C=O) groups excluding carboxylic acids is 2. The van der Waals surface area contributed by atoms with E-state index in [0.717, 1.165) is 11.8 Å². The summed E-state index contributed by atoms with van der Waals surface area (Å²) in [6.45, 7) is 1.54. The molecule has 1 unspecified atom stereocenters. The molecule has 13 heteroatoms. The van der Waals surface area contributed by atoms with Crippen molar-refractivity contribution in [3.05, 3.63) is 0 Å². The smallest absolute Gasteiger partial charge is 0.332 e. The highest BCUT2D eigenvalue weighted by Crippen LogP contribution is 2.28. The average Bonchev–Trinajstić information content (AvgIpc) is 2.62. The SMILES string of the molecule is CC(=O)N(C1O[C@H](CO)[C@@H](O)[C@H](O[C@H](C)C(=O)O)[C@H]1N)[C@@H](CCC(=O)O)C(N)=O. The van der Waals surface area contributed by atoms with Gasteiger partial charge in [-0.05, 0) is 13.3 Å². The second kappa shape index (κ2) is 10.5. The molecule has 0 aromatic heterocycles. The molecule has 0 spiro atoms. The van der Waals surface area contributed by atoms with Crippen LogP contribution in [-0.2, 0) is 28.7 Å². The van der Waals surface area contributed by atoms with Crippen molar-refractivity contribution in [2.45, 2.75) is 69.4 Å². The molecule has 166 valence electrons. The summed E-state index contributed by atoms with van der Waals surface area (Å²) >= 11 is 0. The number of amides is 2. The monoisotopic (exact) mass is 421 g/mol. The number of aliphatic hydroxyl groups is 2. The van der Waals surface area contributed by atoms with E-state index < -0.39 is 79.5 Å². The van der Waals surface area contributed by atoms with E-state index in [2.05, 4.69) is 0 Å². The van der Waals surface area contributed by atoms with Crippen molar-refractivity contribution in [3.63, 3.8) is 0 Å². The van der Waals surface area contributed by atoms with E-state index in [9.17, 15) is 29.4 Å². The Hall–Kier alpha value is -2.32. The van der Waals surface area contributed by atoms with Crippen LogP contribution in [-0.4, -0.2) is 98.4 Å². The van der Waals surface area contributed by atoms with Gasteiger partial charge in [0.2, 0.25) is 11.8 Å². The van der Waals surface area contributed by atoms with Crippen molar-refractivity contribution < 1.29 is 49.1 Å². The molecular formula is C16H27N3O10. The summed E-state index contributed by atoms with van der Waals surface area (Å²) in [6.07, 6.45) is -7.89. The van der Waals surface area contributed by atoms with Crippen molar-refractivity contribution in [1.29, 1.82) is 0 Å². The van der Waals surface area contributed by atoms with E-state index >= 15 is 0 Å². The topological polar surface area (TPSA) is 223 Å². The maximum atomic E-state index is 12.3. The zero-order valence-electron chi connectivity index (χ0n) is 16.0. The minimum atomic E-state index is -1.53. The lowest BCUT2D eigenvalue weighted by molar-refractivity contribution is -0.246. The van der Waals surface area contributed by atoms with E-state index in [-0.39, 0.29) is 6.42 Å². The van der Waals surface area contributed by atoms with Crippen molar-refractivity contribution in [1.82, 2.24) is 4.90 Å². The summed E-state index contributed by atoms with van der Waals surface area (Å²) in [7, 11) is 0. The second-order valence-corrected chi connectivity index (χ2v) is 6.67. The normalized spacial score (nSPS) is 28.9. The first kappa shape index (κ1) is 24.7. The molecule has 29 heavy (non-hydrogen) atoms. The van der Waals surface area contributed by atoms with E-state index in [1.807, 2.05) is 0 Å². The van der Waals surface area contributed by atoms with Crippen LogP contribution in [0, 0.1) is 0 Å². The third kappa shape index (κ3) is 6.08. The van der Waals surface area contributed by atoms with Crippen LogP contribution in [0.5, 0.6) is 0 Å². The van der Waals surface area contributed by atoms with Gasteiger partial charge >= 0.3 is 11.9 Å². The Balaban J connectivity index is 3.27. The third-order valence-corrected chi connectivity index (χ3v) is 4.56. The van der Waals surface area contributed by atoms with Gasteiger partial charge in [0.05, 0.1) is 12.6 Å². The summed E-state index contributed by atoms with van der Waals surface area (Å²) < 4.78 is 10.8. The highest BCUT2D eigenvalue weighted by Gasteiger charge is 2.49. The molecule has 0 aliphatic carbocycles. The molecule has 1 fully saturated rings. The minimum absolute atomic E-state index is 0.333. The van der Waals surface area contributed by atoms with Gasteiger partial charge < -0.3 is 46.3 Å². The number of primary amides is 1. The predicted octanol–water partition coefficient (Wildman–Crippen LogP) is -3.18. The van der Waals surface area contributed by atoms with Gasteiger partial charge in [-0.2, -0.15) is 0 Å². The van der Waals surface area contributed by atoms with Gasteiger partial charge in [0.15, 0.2) is 12.3 Å². The van der Waals surface area contributed by atoms with Crippen LogP contribution >= 0.6 is 0 Å². The molecule has 2 amide bonds. The summed E-state index contributed by atoms with van der Waals surface area (Å²) in [4.78, 5) is 47.0. The number of ether oxygens (including phenoxy) is 2. The number of aliphatic carboxylic acids is 2. The van der Waals surface area contributed by atoms with Gasteiger partial charge in [-0.1, -0.05) is 0 Å². The molecule has 0 saturated carbocycles. The van der Waals surface area contributed by atoms with Crippen molar-refractivity contribution in [2.24, 2.45) is 11.5 Å². The van der Waals surface area contributed by atoms with Gasteiger partial charge in [-0.15, -0.1) is 0 Å². The molecular weight excluding hydrogens is 394 g/mol. The van der Waals surface area contributed by atoms with Crippen LogP contribution in [0.4, 0.5) is 0 Å². The number of carboxylic acids is 2. The standard InChI is InChI=1S/C16H27N3O10/c1-6(16(26)27)28-13-11(17)15(29-9(5-20)12(13)24)19(7(2)21)8(14(18)25)3-4-10(22)23/h6,8-9,11-13,15,20,24H,3-5,17H2,1-2H3,(H2,18,25)(H,22,23)(H,26,27)/t6-,8+,9-,11-,12-,13-,15?/m1/s1. The van der Waals surface area contributed by atoms with Crippen molar-refractivity contribution in [2.75, 3.05) is 6.61 Å². The Morgan fingerprint density at radius 2 is 1.83 bits per heavy atom. The maximum absolute atomic E-state index is 12.3. The number of hydrogen-bond donors (Lipinski definition) is 6. The number of rotatable bonds is 10. The molecule has 0 aromatic rings.